The van der Waals surface area contributed by atoms with Crippen LogP contribution in [-0.4, -0.2) is 34.4 Å². The number of ether oxygens (including phenoxy) is 1. The van der Waals surface area contributed by atoms with Gasteiger partial charge in [-0.25, -0.2) is 0 Å². The SMILES string of the molecule is C=C[C@H]1OCCC[C@@H]1NC(=O)c1nn(C)c(C)c1Cl. The fraction of sp³-hybridized carbons (Fsp3) is 0.538. The van der Waals surface area contributed by atoms with Crippen molar-refractivity contribution in [1.29, 1.82) is 0 Å². The predicted octanol–water partition coefficient (Wildman–Crippen LogP) is 1.85. The zero-order valence-corrected chi connectivity index (χ0v) is 11.9. The van der Waals surface area contributed by atoms with Gasteiger partial charge in [-0.05, 0) is 19.8 Å². The Morgan fingerprint density at radius 2 is 2.42 bits per heavy atom. The molecule has 0 radical (unpaired) electrons. The van der Waals surface area contributed by atoms with Crippen LogP contribution >= 0.6 is 11.6 Å². The van der Waals surface area contributed by atoms with Crippen LogP contribution in [0.5, 0.6) is 0 Å². The topological polar surface area (TPSA) is 56.1 Å². The molecule has 1 N–H and O–H groups in total. The lowest BCUT2D eigenvalue weighted by Crippen LogP contribution is -2.46. The van der Waals surface area contributed by atoms with Gasteiger partial charge in [0.15, 0.2) is 5.69 Å². The molecule has 1 aliphatic heterocycles. The lowest BCUT2D eigenvalue weighted by molar-refractivity contribution is 0.0204. The van der Waals surface area contributed by atoms with Crippen LogP contribution in [0.2, 0.25) is 5.02 Å². The van der Waals surface area contributed by atoms with Crippen molar-refractivity contribution in [2.45, 2.75) is 31.9 Å². The van der Waals surface area contributed by atoms with E-state index in [0.717, 1.165) is 18.5 Å². The van der Waals surface area contributed by atoms with Crippen LogP contribution in [0.25, 0.3) is 0 Å². The molecule has 104 valence electrons. The number of rotatable bonds is 3. The molecule has 2 rings (SSSR count). The maximum Gasteiger partial charge on any atom is 0.273 e. The van der Waals surface area contributed by atoms with Crippen LogP contribution in [0.3, 0.4) is 0 Å². The van der Waals surface area contributed by atoms with Crippen molar-refractivity contribution in [3.8, 4) is 0 Å². The van der Waals surface area contributed by atoms with E-state index in [1.807, 2.05) is 6.92 Å². The molecule has 0 spiro atoms. The molecular weight excluding hydrogens is 266 g/mol. The van der Waals surface area contributed by atoms with E-state index < -0.39 is 0 Å². The fourth-order valence-electron chi connectivity index (χ4n) is 2.15. The maximum atomic E-state index is 12.2. The smallest absolute Gasteiger partial charge is 0.273 e. The maximum absolute atomic E-state index is 12.2. The Balaban J connectivity index is 2.11. The van der Waals surface area contributed by atoms with Crippen molar-refractivity contribution >= 4 is 17.5 Å². The van der Waals surface area contributed by atoms with E-state index in [0.29, 0.717) is 11.6 Å². The zero-order chi connectivity index (χ0) is 14.0. The molecule has 6 heteroatoms. The fourth-order valence-corrected chi connectivity index (χ4v) is 2.40. The number of nitrogens with one attached hydrogen (secondary N) is 1. The number of aryl methyl sites for hydroxylation is 1. The summed E-state index contributed by atoms with van der Waals surface area (Å²) in [7, 11) is 1.76. The van der Waals surface area contributed by atoms with E-state index in [1.54, 1.807) is 17.8 Å². The normalized spacial score (nSPS) is 23.1. The van der Waals surface area contributed by atoms with Gasteiger partial charge in [0.1, 0.15) is 0 Å². The van der Waals surface area contributed by atoms with Gasteiger partial charge in [-0.3, -0.25) is 9.48 Å². The van der Waals surface area contributed by atoms with Gasteiger partial charge < -0.3 is 10.1 Å². The Hall–Kier alpha value is -1.33. The molecule has 1 fully saturated rings. The third-order valence-corrected chi connectivity index (χ3v) is 3.84. The molecule has 0 saturated carbocycles. The number of nitrogens with zero attached hydrogens (tertiary/aromatic N) is 2. The largest absolute Gasteiger partial charge is 0.372 e. The van der Waals surface area contributed by atoms with Gasteiger partial charge in [0, 0.05) is 13.7 Å². The highest BCUT2D eigenvalue weighted by molar-refractivity contribution is 6.34. The Labute approximate surface area is 117 Å². The molecule has 1 amide bonds. The number of amides is 1. The minimum atomic E-state index is -0.268. The molecule has 19 heavy (non-hydrogen) atoms. The summed E-state index contributed by atoms with van der Waals surface area (Å²) in [6.45, 7) is 6.25. The summed E-state index contributed by atoms with van der Waals surface area (Å²) in [5.74, 6) is -0.268. The molecule has 1 aromatic heterocycles. The van der Waals surface area contributed by atoms with Crippen molar-refractivity contribution in [2.24, 2.45) is 7.05 Å². The zero-order valence-electron chi connectivity index (χ0n) is 11.1. The highest BCUT2D eigenvalue weighted by atomic mass is 35.5. The highest BCUT2D eigenvalue weighted by Gasteiger charge is 2.27. The predicted molar refractivity (Wildman–Crippen MR) is 73.4 cm³/mol. The third kappa shape index (κ3) is 2.82. The van der Waals surface area contributed by atoms with Gasteiger partial charge in [0.05, 0.1) is 22.9 Å². The minimum Gasteiger partial charge on any atom is -0.372 e. The van der Waals surface area contributed by atoms with Crippen LogP contribution in [0.15, 0.2) is 12.7 Å². The van der Waals surface area contributed by atoms with Gasteiger partial charge in [0.2, 0.25) is 0 Å². The standard InChI is InChI=1S/C13H18ClN3O2/c1-4-10-9(6-5-7-19-10)15-13(18)12-11(14)8(2)17(3)16-12/h4,9-10H,1,5-7H2,2-3H3,(H,15,18)/t9-,10+/m0/s1. The summed E-state index contributed by atoms with van der Waals surface area (Å²) in [5.41, 5.74) is 1.03. The van der Waals surface area contributed by atoms with E-state index in [-0.39, 0.29) is 23.7 Å². The Morgan fingerprint density at radius 1 is 1.68 bits per heavy atom. The number of carbonyl (C=O) groups excluding carboxylic acids is 1. The second-order valence-corrected chi connectivity index (χ2v) is 5.04. The first-order valence-corrected chi connectivity index (χ1v) is 6.66. The van der Waals surface area contributed by atoms with E-state index in [2.05, 4.69) is 17.0 Å². The molecule has 2 heterocycles. The summed E-state index contributed by atoms with van der Waals surface area (Å²) >= 11 is 6.10. The summed E-state index contributed by atoms with van der Waals surface area (Å²) in [4.78, 5) is 12.2. The van der Waals surface area contributed by atoms with Crippen LogP contribution in [0, 0.1) is 6.92 Å². The van der Waals surface area contributed by atoms with Gasteiger partial charge in [-0.1, -0.05) is 17.7 Å². The Kier molecular flexibility index (Phi) is 4.27. The van der Waals surface area contributed by atoms with Crippen LogP contribution in [-0.2, 0) is 11.8 Å². The highest BCUT2D eigenvalue weighted by Crippen LogP contribution is 2.20. The van der Waals surface area contributed by atoms with Crippen molar-refractivity contribution in [2.75, 3.05) is 6.61 Å². The number of hydrogen-bond acceptors (Lipinski definition) is 3. The quantitative estimate of drug-likeness (QED) is 0.861. The molecule has 1 saturated heterocycles. The van der Waals surface area contributed by atoms with Gasteiger partial charge in [0.25, 0.3) is 5.91 Å². The van der Waals surface area contributed by atoms with Crippen molar-refractivity contribution < 1.29 is 9.53 Å². The molecule has 0 aliphatic carbocycles. The average Bonchev–Trinajstić information content (AvgIpc) is 2.67. The molecule has 0 unspecified atom stereocenters. The third-order valence-electron chi connectivity index (χ3n) is 3.39. The Morgan fingerprint density at radius 3 is 3.00 bits per heavy atom. The second-order valence-electron chi connectivity index (χ2n) is 4.66. The summed E-state index contributed by atoms with van der Waals surface area (Å²) < 4.78 is 7.14. The summed E-state index contributed by atoms with van der Waals surface area (Å²) in [5, 5.41) is 7.45. The molecule has 1 aromatic rings. The van der Waals surface area contributed by atoms with E-state index >= 15 is 0 Å². The lowest BCUT2D eigenvalue weighted by atomic mass is 10.0. The Bertz CT molecular complexity index is 498. The summed E-state index contributed by atoms with van der Waals surface area (Å²) in [6, 6.07) is -0.0721. The number of hydrogen-bond donors (Lipinski definition) is 1. The van der Waals surface area contributed by atoms with E-state index in [1.165, 1.54) is 0 Å². The van der Waals surface area contributed by atoms with Gasteiger partial charge in [-0.2, -0.15) is 5.10 Å². The molecule has 0 bridgehead atoms. The van der Waals surface area contributed by atoms with Crippen molar-refractivity contribution in [1.82, 2.24) is 15.1 Å². The second kappa shape index (κ2) is 5.75. The summed E-state index contributed by atoms with van der Waals surface area (Å²) in [6.07, 6.45) is 3.35. The van der Waals surface area contributed by atoms with Crippen LogP contribution in [0.1, 0.15) is 29.0 Å². The van der Waals surface area contributed by atoms with E-state index in [9.17, 15) is 4.79 Å². The molecule has 0 aromatic carbocycles. The lowest BCUT2D eigenvalue weighted by Gasteiger charge is -2.30. The minimum absolute atomic E-state index is 0.0721. The molecular formula is C13H18ClN3O2. The number of halogens is 1. The first kappa shape index (κ1) is 14.1. The van der Waals surface area contributed by atoms with Crippen LogP contribution < -0.4 is 5.32 Å². The van der Waals surface area contributed by atoms with Gasteiger partial charge in [-0.15, -0.1) is 6.58 Å². The first-order valence-electron chi connectivity index (χ1n) is 6.28. The van der Waals surface area contributed by atoms with Crippen molar-refractivity contribution in [3.05, 3.63) is 29.1 Å². The molecule has 5 nitrogen and oxygen atoms in total. The molecule has 1 aliphatic rings. The van der Waals surface area contributed by atoms with E-state index in [4.69, 9.17) is 16.3 Å². The number of aromatic nitrogens is 2. The monoisotopic (exact) mass is 283 g/mol. The molecule has 2 atom stereocenters. The van der Waals surface area contributed by atoms with Crippen molar-refractivity contribution in [3.63, 3.8) is 0 Å². The first-order chi connectivity index (χ1) is 9.04. The average molecular weight is 284 g/mol. The van der Waals surface area contributed by atoms with Crippen LogP contribution in [0.4, 0.5) is 0 Å². The van der Waals surface area contributed by atoms with Gasteiger partial charge >= 0.3 is 0 Å². The number of carbonyl (C=O) groups is 1.